The molecule has 3 aromatic rings. The summed E-state index contributed by atoms with van der Waals surface area (Å²) in [5, 5.41) is 2.82. The van der Waals surface area contributed by atoms with E-state index in [-0.39, 0.29) is 33.8 Å². The number of ether oxygens (including phenoxy) is 1. The van der Waals surface area contributed by atoms with Crippen LogP contribution in [0.2, 0.25) is 5.02 Å². The van der Waals surface area contributed by atoms with Gasteiger partial charge >= 0.3 is 0 Å². The van der Waals surface area contributed by atoms with Crippen molar-refractivity contribution < 1.29 is 22.7 Å². The van der Waals surface area contributed by atoms with Gasteiger partial charge in [0, 0.05) is 23.1 Å². The van der Waals surface area contributed by atoms with Gasteiger partial charge in [0.15, 0.2) is 0 Å². The molecule has 0 unspecified atom stereocenters. The molecule has 3 rings (SSSR count). The van der Waals surface area contributed by atoms with Crippen LogP contribution < -0.4 is 14.4 Å². The number of benzene rings is 3. The van der Waals surface area contributed by atoms with Crippen molar-refractivity contribution in [2.75, 3.05) is 25.0 Å². The number of amides is 2. The Labute approximate surface area is 230 Å². The second-order valence-corrected chi connectivity index (χ2v) is 11.3. The molecule has 0 heterocycles. The third kappa shape index (κ3) is 6.82. The van der Waals surface area contributed by atoms with E-state index in [0.29, 0.717) is 0 Å². The van der Waals surface area contributed by atoms with Crippen LogP contribution >= 0.6 is 27.5 Å². The van der Waals surface area contributed by atoms with E-state index in [0.717, 1.165) is 14.3 Å². The standard InChI is InChI=1S/C26H27BrClN3O5S/c1-18(26(33)29-2)30(16-19-9-11-20(27)12-10-19)25(32)17-31(23-15-21(28)13-14-24(23)36-3)37(34,35)22-7-5-4-6-8-22/h4-15,18H,16-17H2,1-3H3,(H,29,33)/t18-/m1/s1. The highest BCUT2D eigenvalue weighted by Gasteiger charge is 2.33. The Hall–Kier alpha value is -3.08. The Balaban J connectivity index is 2.09. The normalized spacial score (nSPS) is 11.9. The molecule has 1 atom stereocenters. The van der Waals surface area contributed by atoms with Gasteiger partial charge in [-0.25, -0.2) is 8.42 Å². The summed E-state index contributed by atoms with van der Waals surface area (Å²) in [4.78, 5) is 27.6. The van der Waals surface area contributed by atoms with Gasteiger partial charge in [-0.3, -0.25) is 13.9 Å². The molecular formula is C26H27BrClN3O5S. The topological polar surface area (TPSA) is 96.0 Å². The molecule has 0 aliphatic carbocycles. The molecule has 0 saturated carbocycles. The van der Waals surface area contributed by atoms with Crippen LogP contribution in [0.25, 0.3) is 0 Å². The predicted molar refractivity (Wildman–Crippen MR) is 147 cm³/mol. The molecule has 0 bridgehead atoms. The maximum atomic E-state index is 13.8. The second-order valence-electron chi connectivity index (χ2n) is 8.08. The van der Waals surface area contributed by atoms with Crippen LogP contribution in [-0.2, 0) is 26.2 Å². The molecule has 8 nitrogen and oxygen atoms in total. The monoisotopic (exact) mass is 607 g/mol. The lowest BCUT2D eigenvalue weighted by Gasteiger charge is -2.32. The van der Waals surface area contributed by atoms with E-state index >= 15 is 0 Å². The fourth-order valence-corrected chi connectivity index (χ4v) is 5.54. The van der Waals surface area contributed by atoms with Crippen LogP contribution in [-0.4, -0.2) is 51.9 Å². The molecule has 0 radical (unpaired) electrons. The number of methoxy groups -OCH3 is 1. The van der Waals surface area contributed by atoms with Gasteiger partial charge in [0.2, 0.25) is 11.8 Å². The largest absolute Gasteiger partial charge is 0.495 e. The third-order valence-corrected chi connectivity index (χ3v) is 8.24. The van der Waals surface area contributed by atoms with E-state index in [9.17, 15) is 18.0 Å². The molecule has 2 amide bonds. The first-order valence-electron chi connectivity index (χ1n) is 11.2. The summed E-state index contributed by atoms with van der Waals surface area (Å²) in [6.07, 6.45) is 0. The molecule has 0 aliphatic heterocycles. The van der Waals surface area contributed by atoms with E-state index in [2.05, 4.69) is 21.2 Å². The van der Waals surface area contributed by atoms with E-state index in [1.165, 1.54) is 43.3 Å². The van der Waals surface area contributed by atoms with Gasteiger partial charge in [0.05, 0.1) is 17.7 Å². The average molecular weight is 609 g/mol. The lowest BCUT2D eigenvalue weighted by molar-refractivity contribution is -0.139. The fraction of sp³-hybridized carbons (Fsp3) is 0.231. The highest BCUT2D eigenvalue weighted by molar-refractivity contribution is 9.10. The summed E-state index contributed by atoms with van der Waals surface area (Å²) in [6, 6.07) is 18.7. The first-order chi connectivity index (χ1) is 17.6. The minimum absolute atomic E-state index is 0.0105. The van der Waals surface area contributed by atoms with Crippen molar-refractivity contribution in [3.63, 3.8) is 0 Å². The summed E-state index contributed by atoms with van der Waals surface area (Å²) in [5.74, 6) is -0.751. The average Bonchev–Trinajstić information content (AvgIpc) is 2.90. The van der Waals surface area contributed by atoms with Crippen LogP contribution in [0.1, 0.15) is 12.5 Å². The molecule has 0 fully saturated rings. The predicted octanol–water partition coefficient (Wildman–Crippen LogP) is 4.47. The van der Waals surface area contributed by atoms with Gasteiger partial charge < -0.3 is 15.0 Å². The Kier molecular flexibility index (Phi) is 9.58. The number of nitrogens with one attached hydrogen (secondary N) is 1. The number of rotatable bonds is 10. The van der Waals surface area contributed by atoms with E-state index in [1.807, 2.05) is 24.3 Å². The van der Waals surface area contributed by atoms with Gasteiger partial charge in [0.1, 0.15) is 18.3 Å². The number of carbonyl (C=O) groups excluding carboxylic acids is 2. The fourth-order valence-electron chi connectivity index (χ4n) is 3.67. The Morgan fingerprint density at radius 1 is 1.05 bits per heavy atom. The van der Waals surface area contributed by atoms with Gasteiger partial charge in [0.25, 0.3) is 10.0 Å². The zero-order valence-electron chi connectivity index (χ0n) is 20.5. The van der Waals surface area contributed by atoms with E-state index < -0.39 is 28.5 Å². The number of likely N-dealkylation sites (N-methyl/N-ethyl adjacent to an activating group) is 1. The van der Waals surface area contributed by atoms with Crippen molar-refractivity contribution in [1.82, 2.24) is 10.2 Å². The molecule has 0 aliphatic rings. The number of nitrogens with zero attached hydrogens (tertiary/aromatic N) is 2. The van der Waals surface area contributed by atoms with Gasteiger partial charge in [-0.15, -0.1) is 0 Å². The summed E-state index contributed by atoms with van der Waals surface area (Å²) in [7, 11) is -1.35. The Morgan fingerprint density at radius 2 is 1.70 bits per heavy atom. The highest BCUT2D eigenvalue weighted by Crippen LogP contribution is 2.35. The van der Waals surface area contributed by atoms with Crippen molar-refractivity contribution in [3.05, 3.63) is 87.9 Å². The zero-order valence-corrected chi connectivity index (χ0v) is 23.7. The maximum absolute atomic E-state index is 13.8. The number of sulfonamides is 1. The van der Waals surface area contributed by atoms with Crippen molar-refractivity contribution in [3.8, 4) is 5.75 Å². The molecule has 0 saturated heterocycles. The number of anilines is 1. The Morgan fingerprint density at radius 3 is 2.30 bits per heavy atom. The summed E-state index contributed by atoms with van der Waals surface area (Å²) < 4.78 is 34.8. The third-order valence-electron chi connectivity index (χ3n) is 5.70. The molecule has 11 heteroatoms. The quantitative estimate of drug-likeness (QED) is 0.367. The van der Waals surface area contributed by atoms with Crippen molar-refractivity contribution in [2.24, 2.45) is 0 Å². The minimum Gasteiger partial charge on any atom is -0.495 e. The van der Waals surface area contributed by atoms with Crippen LogP contribution in [0.15, 0.2) is 82.2 Å². The first kappa shape index (κ1) is 28.5. The van der Waals surface area contributed by atoms with Crippen LogP contribution in [0, 0.1) is 0 Å². The van der Waals surface area contributed by atoms with Gasteiger partial charge in [-0.2, -0.15) is 0 Å². The highest BCUT2D eigenvalue weighted by atomic mass is 79.9. The number of hydrogen-bond donors (Lipinski definition) is 1. The van der Waals surface area contributed by atoms with Gasteiger partial charge in [-0.05, 0) is 55.0 Å². The maximum Gasteiger partial charge on any atom is 0.264 e. The zero-order chi connectivity index (χ0) is 27.2. The van der Waals surface area contributed by atoms with Crippen molar-refractivity contribution >= 4 is 55.1 Å². The molecule has 0 aromatic heterocycles. The van der Waals surface area contributed by atoms with Crippen molar-refractivity contribution in [2.45, 2.75) is 24.4 Å². The first-order valence-corrected chi connectivity index (χ1v) is 13.9. The number of carbonyl (C=O) groups is 2. The second kappa shape index (κ2) is 12.4. The lowest BCUT2D eigenvalue weighted by atomic mass is 10.1. The SMILES string of the molecule is CNC(=O)[C@@H](C)N(Cc1ccc(Br)cc1)C(=O)CN(c1cc(Cl)ccc1OC)S(=O)(=O)c1ccccc1. The van der Waals surface area contributed by atoms with E-state index in [1.54, 1.807) is 31.2 Å². The smallest absolute Gasteiger partial charge is 0.264 e. The lowest BCUT2D eigenvalue weighted by Crippen LogP contribution is -2.50. The molecule has 3 aromatic carbocycles. The van der Waals surface area contributed by atoms with Crippen LogP contribution in [0.4, 0.5) is 5.69 Å². The summed E-state index contributed by atoms with van der Waals surface area (Å²) >= 11 is 9.60. The molecule has 1 N–H and O–H groups in total. The van der Waals surface area contributed by atoms with Crippen LogP contribution in [0.5, 0.6) is 5.75 Å². The molecule has 196 valence electrons. The Bertz CT molecular complexity index is 1350. The minimum atomic E-state index is -4.22. The number of halogens is 2. The molecular weight excluding hydrogens is 582 g/mol. The molecule has 0 spiro atoms. The van der Waals surface area contributed by atoms with Crippen LogP contribution in [0.3, 0.4) is 0 Å². The van der Waals surface area contributed by atoms with Crippen molar-refractivity contribution in [1.29, 1.82) is 0 Å². The number of hydrogen-bond acceptors (Lipinski definition) is 5. The summed E-state index contributed by atoms with van der Waals surface area (Å²) in [6.45, 7) is 1.09. The van der Waals surface area contributed by atoms with E-state index in [4.69, 9.17) is 16.3 Å². The summed E-state index contributed by atoms with van der Waals surface area (Å²) in [5.41, 5.74) is 0.869. The van der Waals surface area contributed by atoms with Gasteiger partial charge in [-0.1, -0.05) is 57.9 Å². The molecule has 37 heavy (non-hydrogen) atoms.